The van der Waals surface area contributed by atoms with Gasteiger partial charge in [-0.05, 0) is 17.7 Å². The molecule has 0 unspecified atom stereocenters. The van der Waals surface area contributed by atoms with Crippen molar-refractivity contribution in [3.8, 4) is 11.5 Å². The highest BCUT2D eigenvalue weighted by molar-refractivity contribution is 6.35. The highest BCUT2D eigenvalue weighted by Crippen LogP contribution is 2.26. The second-order valence-electron chi connectivity index (χ2n) is 3.03. The number of carboxylic acid groups (broad SMARTS) is 1. The molecule has 0 atom stereocenters. The number of phenols is 1. The van der Waals surface area contributed by atoms with Gasteiger partial charge in [-0.1, -0.05) is 11.2 Å². The molecule has 0 aliphatic heterocycles. The molecule has 3 N–H and O–H groups in total. The molecular weight excluding hydrogens is 214 g/mol. The van der Waals surface area contributed by atoms with Gasteiger partial charge in [-0.15, -0.1) is 0 Å². The Morgan fingerprint density at radius 1 is 1.50 bits per heavy atom. The summed E-state index contributed by atoms with van der Waals surface area (Å²) in [6, 6.07) is 4.38. The van der Waals surface area contributed by atoms with Crippen LogP contribution in [0, 0.1) is 0 Å². The molecule has 0 saturated carbocycles. The summed E-state index contributed by atoms with van der Waals surface area (Å²) in [5.41, 5.74) is 0.178. The Bertz CT molecular complexity index is 427. The minimum Gasteiger partial charge on any atom is -0.504 e. The van der Waals surface area contributed by atoms with Gasteiger partial charge in [0.05, 0.1) is 7.11 Å². The molecule has 0 saturated heterocycles. The number of aromatic hydroxyl groups is 1. The average molecular weight is 225 g/mol. The Morgan fingerprint density at radius 3 is 2.69 bits per heavy atom. The molecule has 0 amide bonds. The number of carbonyl (C=O) groups is 1. The van der Waals surface area contributed by atoms with E-state index in [1.807, 2.05) is 0 Å². The van der Waals surface area contributed by atoms with Gasteiger partial charge in [-0.25, -0.2) is 4.79 Å². The number of nitrogens with zero attached hydrogens (tertiary/aromatic N) is 1. The molecule has 0 heterocycles. The molecule has 1 aromatic rings. The molecular formula is C10H11NO5. The van der Waals surface area contributed by atoms with Gasteiger partial charge in [-0.2, -0.15) is 0 Å². The SMILES string of the molecule is COc1cc(C/C(=N\O)C(=O)O)ccc1O. The zero-order valence-corrected chi connectivity index (χ0v) is 8.54. The Kier molecular flexibility index (Phi) is 3.71. The van der Waals surface area contributed by atoms with E-state index in [0.29, 0.717) is 5.56 Å². The van der Waals surface area contributed by atoms with Gasteiger partial charge in [0.15, 0.2) is 17.2 Å². The van der Waals surface area contributed by atoms with Crippen molar-refractivity contribution < 1.29 is 25.0 Å². The number of carboxylic acids is 1. The fourth-order valence-electron chi connectivity index (χ4n) is 1.18. The minimum absolute atomic E-state index is 0.0379. The lowest BCUT2D eigenvalue weighted by Crippen LogP contribution is -2.15. The number of oxime groups is 1. The Labute approximate surface area is 91.4 Å². The van der Waals surface area contributed by atoms with Gasteiger partial charge in [0.1, 0.15) is 0 Å². The van der Waals surface area contributed by atoms with Crippen LogP contribution in [0.3, 0.4) is 0 Å². The van der Waals surface area contributed by atoms with E-state index in [4.69, 9.17) is 15.1 Å². The van der Waals surface area contributed by atoms with Crippen molar-refractivity contribution in [2.24, 2.45) is 5.16 Å². The Balaban J connectivity index is 2.94. The lowest BCUT2D eigenvalue weighted by Gasteiger charge is -2.05. The standard InChI is InChI=1S/C10H11NO5/c1-16-9-5-6(2-3-8(9)12)4-7(11-15)10(13)14/h2-3,5,12,15H,4H2,1H3,(H,13,14)/b11-7+. The summed E-state index contributed by atoms with van der Waals surface area (Å²) in [5.74, 6) is -1.10. The van der Waals surface area contributed by atoms with Gasteiger partial charge < -0.3 is 20.2 Å². The summed E-state index contributed by atoms with van der Waals surface area (Å²) in [7, 11) is 1.39. The van der Waals surface area contributed by atoms with Crippen LogP contribution in [0.5, 0.6) is 11.5 Å². The number of hydrogen-bond donors (Lipinski definition) is 3. The highest BCUT2D eigenvalue weighted by atomic mass is 16.5. The molecule has 6 nitrogen and oxygen atoms in total. The topological polar surface area (TPSA) is 99.4 Å². The predicted molar refractivity (Wildman–Crippen MR) is 55.2 cm³/mol. The third kappa shape index (κ3) is 2.63. The predicted octanol–water partition coefficient (Wildman–Crippen LogP) is 0.858. The summed E-state index contributed by atoms with van der Waals surface area (Å²) in [5, 5.41) is 29.1. The van der Waals surface area contributed by atoms with Crippen molar-refractivity contribution in [2.45, 2.75) is 6.42 Å². The van der Waals surface area contributed by atoms with Crippen molar-refractivity contribution in [3.05, 3.63) is 23.8 Å². The summed E-state index contributed by atoms with van der Waals surface area (Å²) >= 11 is 0. The lowest BCUT2D eigenvalue weighted by atomic mass is 10.1. The first-order valence-electron chi connectivity index (χ1n) is 4.38. The minimum atomic E-state index is -1.30. The first-order valence-corrected chi connectivity index (χ1v) is 4.38. The molecule has 0 radical (unpaired) electrons. The first-order chi connectivity index (χ1) is 7.58. The van der Waals surface area contributed by atoms with E-state index in [1.54, 1.807) is 0 Å². The normalized spacial score (nSPS) is 11.2. The van der Waals surface area contributed by atoms with E-state index in [0.717, 1.165) is 0 Å². The third-order valence-corrected chi connectivity index (χ3v) is 1.98. The molecule has 6 heteroatoms. The number of aliphatic carboxylic acids is 1. The monoisotopic (exact) mass is 225 g/mol. The molecule has 0 fully saturated rings. The van der Waals surface area contributed by atoms with Crippen LogP contribution in [-0.4, -0.2) is 34.2 Å². The number of rotatable bonds is 4. The van der Waals surface area contributed by atoms with Crippen LogP contribution in [0.25, 0.3) is 0 Å². The fourth-order valence-corrected chi connectivity index (χ4v) is 1.18. The second kappa shape index (κ2) is 5.01. The number of phenolic OH excluding ortho intramolecular Hbond substituents is 1. The number of ether oxygens (including phenoxy) is 1. The van der Waals surface area contributed by atoms with E-state index >= 15 is 0 Å². The van der Waals surface area contributed by atoms with E-state index in [2.05, 4.69) is 5.16 Å². The maximum Gasteiger partial charge on any atom is 0.354 e. The van der Waals surface area contributed by atoms with Crippen molar-refractivity contribution in [3.63, 3.8) is 0 Å². The zero-order valence-electron chi connectivity index (χ0n) is 8.54. The summed E-state index contributed by atoms with van der Waals surface area (Å²) in [6.07, 6.45) is -0.0531. The molecule has 0 aliphatic carbocycles. The molecule has 1 aromatic carbocycles. The number of benzene rings is 1. The number of hydrogen-bond acceptors (Lipinski definition) is 5. The molecule has 1 rings (SSSR count). The average Bonchev–Trinajstić information content (AvgIpc) is 2.27. The van der Waals surface area contributed by atoms with Crippen molar-refractivity contribution in [1.82, 2.24) is 0 Å². The highest BCUT2D eigenvalue weighted by Gasteiger charge is 2.12. The molecule has 86 valence electrons. The maximum absolute atomic E-state index is 10.6. The molecule has 0 aromatic heterocycles. The van der Waals surface area contributed by atoms with Gasteiger partial charge >= 0.3 is 5.97 Å². The van der Waals surface area contributed by atoms with Crippen LogP contribution in [0.15, 0.2) is 23.4 Å². The van der Waals surface area contributed by atoms with E-state index in [-0.39, 0.29) is 23.6 Å². The molecule has 0 bridgehead atoms. The zero-order chi connectivity index (χ0) is 12.1. The third-order valence-electron chi connectivity index (χ3n) is 1.98. The van der Waals surface area contributed by atoms with Gasteiger partial charge in [0, 0.05) is 6.42 Å². The summed E-state index contributed by atoms with van der Waals surface area (Å²) < 4.78 is 4.86. The van der Waals surface area contributed by atoms with Crippen molar-refractivity contribution in [2.75, 3.05) is 7.11 Å². The van der Waals surface area contributed by atoms with Crippen LogP contribution >= 0.6 is 0 Å². The smallest absolute Gasteiger partial charge is 0.354 e. The van der Waals surface area contributed by atoms with E-state index in [1.165, 1.54) is 25.3 Å². The van der Waals surface area contributed by atoms with E-state index < -0.39 is 5.97 Å². The van der Waals surface area contributed by atoms with E-state index in [9.17, 15) is 9.90 Å². The largest absolute Gasteiger partial charge is 0.504 e. The molecule has 0 spiro atoms. The van der Waals surface area contributed by atoms with Gasteiger partial charge in [-0.3, -0.25) is 0 Å². The summed E-state index contributed by atoms with van der Waals surface area (Å²) in [4.78, 5) is 10.6. The van der Waals surface area contributed by atoms with Gasteiger partial charge in [0.2, 0.25) is 0 Å². The quantitative estimate of drug-likeness (QED) is 0.401. The lowest BCUT2D eigenvalue weighted by molar-refractivity contribution is -0.129. The van der Waals surface area contributed by atoms with Crippen LogP contribution in [0.2, 0.25) is 0 Å². The van der Waals surface area contributed by atoms with Gasteiger partial charge in [0.25, 0.3) is 0 Å². The fraction of sp³-hybridized carbons (Fsp3) is 0.200. The van der Waals surface area contributed by atoms with Crippen molar-refractivity contribution >= 4 is 11.7 Å². The molecule has 0 aliphatic rings. The Hall–Kier alpha value is -2.24. The summed E-state index contributed by atoms with van der Waals surface area (Å²) in [6.45, 7) is 0. The Morgan fingerprint density at radius 2 is 2.19 bits per heavy atom. The first kappa shape index (κ1) is 11.8. The number of methoxy groups -OCH3 is 1. The van der Waals surface area contributed by atoms with Crippen molar-refractivity contribution in [1.29, 1.82) is 0 Å². The maximum atomic E-state index is 10.6. The second-order valence-corrected chi connectivity index (χ2v) is 3.03. The van der Waals surface area contributed by atoms with Crippen LogP contribution < -0.4 is 4.74 Å². The molecule has 16 heavy (non-hydrogen) atoms. The van der Waals surface area contributed by atoms with Crippen LogP contribution in [0.1, 0.15) is 5.56 Å². The van der Waals surface area contributed by atoms with Crippen LogP contribution in [0.4, 0.5) is 0 Å². The van der Waals surface area contributed by atoms with Crippen LogP contribution in [-0.2, 0) is 11.2 Å².